The minimum Gasteiger partial charge on any atom is -0.348 e. The lowest BCUT2D eigenvalue weighted by Crippen LogP contribution is -2.37. The van der Waals surface area contributed by atoms with Gasteiger partial charge in [0.1, 0.15) is 5.69 Å². The van der Waals surface area contributed by atoms with Gasteiger partial charge >= 0.3 is 0 Å². The molecule has 7 nitrogen and oxygen atoms in total. The van der Waals surface area contributed by atoms with Crippen molar-refractivity contribution in [3.63, 3.8) is 0 Å². The minimum atomic E-state index is -3.56. The second-order valence-electron chi connectivity index (χ2n) is 8.29. The molecule has 0 aliphatic heterocycles. The standard InChI is InChI=1S/C23H28N4O3S/c1-26(2)31(29,30)20-8-9-21-18(14-20)15-22(23(28)25-19-6-4-3-5-7-19)27(21)16-17-10-12-24-13-11-17/h8-15,19H,3-7,16H2,1-2H3,(H,25,28). The molecular weight excluding hydrogens is 412 g/mol. The monoisotopic (exact) mass is 440 g/mol. The van der Waals surface area contributed by atoms with E-state index in [1.54, 1.807) is 36.7 Å². The van der Waals surface area contributed by atoms with Crippen LogP contribution in [0.25, 0.3) is 10.9 Å². The van der Waals surface area contributed by atoms with Crippen molar-refractivity contribution in [2.24, 2.45) is 0 Å². The van der Waals surface area contributed by atoms with Crippen molar-refractivity contribution in [2.75, 3.05) is 14.1 Å². The zero-order chi connectivity index (χ0) is 22.0. The van der Waals surface area contributed by atoms with E-state index in [2.05, 4.69) is 10.3 Å². The average Bonchev–Trinajstić information content (AvgIpc) is 3.13. The summed E-state index contributed by atoms with van der Waals surface area (Å²) in [6.45, 7) is 0.499. The van der Waals surface area contributed by atoms with Gasteiger partial charge in [0.05, 0.1) is 4.90 Å². The molecule has 3 aromatic rings. The van der Waals surface area contributed by atoms with Crippen LogP contribution < -0.4 is 5.32 Å². The molecule has 0 saturated heterocycles. The molecule has 0 bridgehead atoms. The van der Waals surface area contributed by atoms with Crippen LogP contribution >= 0.6 is 0 Å². The third-order valence-electron chi connectivity index (χ3n) is 5.91. The number of amides is 1. The van der Waals surface area contributed by atoms with Crippen LogP contribution in [0.4, 0.5) is 0 Å². The summed E-state index contributed by atoms with van der Waals surface area (Å²) < 4.78 is 28.3. The molecule has 0 atom stereocenters. The van der Waals surface area contributed by atoms with Gasteiger partial charge in [-0.2, -0.15) is 0 Å². The largest absolute Gasteiger partial charge is 0.348 e. The Hall–Kier alpha value is -2.71. The van der Waals surface area contributed by atoms with Crippen LogP contribution in [0.5, 0.6) is 0 Å². The van der Waals surface area contributed by atoms with Crippen LogP contribution in [0.3, 0.4) is 0 Å². The smallest absolute Gasteiger partial charge is 0.268 e. The van der Waals surface area contributed by atoms with Gasteiger partial charge in [0.2, 0.25) is 10.0 Å². The summed E-state index contributed by atoms with van der Waals surface area (Å²) in [5, 5.41) is 3.91. The first-order chi connectivity index (χ1) is 14.9. The number of nitrogens with one attached hydrogen (secondary N) is 1. The number of aromatic nitrogens is 2. The Morgan fingerprint density at radius 2 is 1.81 bits per heavy atom. The van der Waals surface area contributed by atoms with Gasteiger partial charge in [0.15, 0.2) is 0 Å². The van der Waals surface area contributed by atoms with E-state index in [9.17, 15) is 13.2 Å². The van der Waals surface area contributed by atoms with E-state index in [0.29, 0.717) is 12.2 Å². The predicted molar refractivity (Wildman–Crippen MR) is 120 cm³/mol. The van der Waals surface area contributed by atoms with Crippen LogP contribution in [0.2, 0.25) is 0 Å². The fourth-order valence-electron chi connectivity index (χ4n) is 4.16. The molecule has 1 aromatic carbocycles. The fourth-order valence-corrected chi connectivity index (χ4v) is 5.09. The Morgan fingerprint density at radius 3 is 2.48 bits per heavy atom. The molecule has 2 heterocycles. The zero-order valence-electron chi connectivity index (χ0n) is 17.9. The number of hydrogen-bond donors (Lipinski definition) is 1. The van der Waals surface area contributed by atoms with Gasteiger partial charge in [-0.25, -0.2) is 12.7 Å². The summed E-state index contributed by atoms with van der Waals surface area (Å²) in [4.78, 5) is 17.5. The topological polar surface area (TPSA) is 84.3 Å². The third kappa shape index (κ3) is 4.50. The van der Waals surface area contributed by atoms with Gasteiger partial charge in [-0.3, -0.25) is 9.78 Å². The summed E-state index contributed by atoms with van der Waals surface area (Å²) >= 11 is 0. The minimum absolute atomic E-state index is 0.117. The molecule has 8 heteroatoms. The van der Waals surface area contributed by atoms with Crippen LogP contribution in [0.1, 0.15) is 48.2 Å². The number of nitrogens with zero attached hydrogens (tertiary/aromatic N) is 3. The number of sulfonamides is 1. The van der Waals surface area contributed by atoms with Crippen LogP contribution in [0, 0.1) is 0 Å². The van der Waals surface area contributed by atoms with E-state index in [-0.39, 0.29) is 16.8 Å². The molecule has 1 saturated carbocycles. The number of hydrogen-bond acceptors (Lipinski definition) is 4. The lowest BCUT2D eigenvalue weighted by Gasteiger charge is -2.23. The van der Waals surface area contributed by atoms with Crippen LogP contribution in [-0.2, 0) is 16.6 Å². The second kappa shape index (κ2) is 8.80. The fraction of sp³-hybridized carbons (Fsp3) is 0.391. The van der Waals surface area contributed by atoms with Gasteiger partial charge in [0, 0.05) is 50.0 Å². The van der Waals surface area contributed by atoms with E-state index < -0.39 is 10.0 Å². The van der Waals surface area contributed by atoms with Crippen molar-refractivity contribution in [1.82, 2.24) is 19.2 Å². The van der Waals surface area contributed by atoms with E-state index in [0.717, 1.165) is 42.1 Å². The van der Waals surface area contributed by atoms with Crippen molar-refractivity contribution >= 4 is 26.8 Å². The molecule has 31 heavy (non-hydrogen) atoms. The van der Waals surface area contributed by atoms with E-state index in [1.807, 2.05) is 16.7 Å². The summed E-state index contributed by atoms with van der Waals surface area (Å²) in [7, 11) is -0.536. The van der Waals surface area contributed by atoms with Crippen molar-refractivity contribution in [3.05, 3.63) is 60.0 Å². The zero-order valence-corrected chi connectivity index (χ0v) is 18.7. The average molecular weight is 441 g/mol. The van der Waals surface area contributed by atoms with Gasteiger partial charge in [-0.15, -0.1) is 0 Å². The molecule has 1 aliphatic rings. The predicted octanol–water partition coefficient (Wildman–Crippen LogP) is 3.40. The summed E-state index contributed by atoms with van der Waals surface area (Å²) in [5.74, 6) is -0.117. The normalized spacial score (nSPS) is 15.5. The Kier molecular flexibility index (Phi) is 6.11. The van der Waals surface area contributed by atoms with E-state index in [1.165, 1.54) is 24.8 Å². The molecule has 0 spiro atoms. The summed E-state index contributed by atoms with van der Waals surface area (Å²) in [5.41, 5.74) is 2.38. The lowest BCUT2D eigenvalue weighted by molar-refractivity contribution is 0.0919. The Bertz CT molecular complexity index is 1180. The molecule has 1 N–H and O–H groups in total. The van der Waals surface area contributed by atoms with Crippen molar-refractivity contribution < 1.29 is 13.2 Å². The van der Waals surface area contributed by atoms with Crippen LogP contribution in [-0.4, -0.2) is 48.3 Å². The highest BCUT2D eigenvalue weighted by molar-refractivity contribution is 7.89. The maximum Gasteiger partial charge on any atom is 0.268 e. The number of carbonyl (C=O) groups is 1. The molecule has 1 amide bonds. The first kappa shape index (κ1) is 21.5. The Balaban J connectivity index is 1.76. The van der Waals surface area contributed by atoms with E-state index >= 15 is 0 Å². The number of fused-ring (bicyclic) bond motifs is 1. The maximum absolute atomic E-state index is 13.2. The lowest BCUT2D eigenvalue weighted by atomic mass is 9.95. The Morgan fingerprint density at radius 1 is 1.10 bits per heavy atom. The number of pyridine rings is 1. The molecular formula is C23H28N4O3S. The maximum atomic E-state index is 13.2. The molecule has 1 aliphatic carbocycles. The highest BCUT2D eigenvalue weighted by atomic mass is 32.2. The van der Waals surface area contributed by atoms with Gasteiger partial charge < -0.3 is 9.88 Å². The molecule has 0 radical (unpaired) electrons. The molecule has 1 fully saturated rings. The number of carbonyl (C=O) groups excluding carboxylic acids is 1. The number of rotatable bonds is 6. The third-order valence-corrected chi connectivity index (χ3v) is 7.73. The second-order valence-corrected chi connectivity index (χ2v) is 10.4. The molecule has 2 aromatic heterocycles. The van der Waals surface area contributed by atoms with Crippen LogP contribution in [0.15, 0.2) is 53.7 Å². The highest BCUT2D eigenvalue weighted by Crippen LogP contribution is 2.26. The van der Waals surface area contributed by atoms with E-state index in [4.69, 9.17) is 0 Å². The summed E-state index contributed by atoms with van der Waals surface area (Å²) in [6.07, 6.45) is 8.95. The first-order valence-corrected chi connectivity index (χ1v) is 12.1. The van der Waals surface area contributed by atoms with Gasteiger partial charge in [-0.1, -0.05) is 19.3 Å². The Labute approximate surface area is 183 Å². The van der Waals surface area contributed by atoms with Gasteiger partial charge in [-0.05, 0) is 54.8 Å². The highest BCUT2D eigenvalue weighted by Gasteiger charge is 2.23. The van der Waals surface area contributed by atoms with Crippen molar-refractivity contribution in [2.45, 2.75) is 49.6 Å². The number of benzene rings is 1. The molecule has 4 rings (SSSR count). The quantitative estimate of drug-likeness (QED) is 0.637. The van der Waals surface area contributed by atoms with Gasteiger partial charge in [0.25, 0.3) is 5.91 Å². The van der Waals surface area contributed by atoms with Crippen molar-refractivity contribution in [1.29, 1.82) is 0 Å². The van der Waals surface area contributed by atoms with Crippen molar-refractivity contribution in [3.8, 4) is 0 Å². The molecule has 164 valence electrons. The molecule has 0 unspecified atom stereocenters. The summed E-state index contributed by atoms with van der Waals surface area (Å²) in [6, 6.07) is 10.8. The SMILES string of the molecule is CN(C)S(=O)(=O)c1ccc2c(c1)cc(C(=O)NC1CCCCC1)n2Cc1ccncc1. The first-order valence-electron chi connectivity index (χ1n) is 10.6.